The molecule has 0 saturated carbocycles. The summed E-state index contributed by atoms with van der Waals surface area (Å²) in [6, 6.07) is -1.60. The number of nitrogens with one attached hydrogen (secondary N) is 1. The summed E-state index contributed by atoms with van der Waals surface area (Å²) in [7, 11) is 0. The van der Waals surface area contributed by atoms with E-state index in [0.29, 0.717) is 0 Å². The highest BCUT2D eigenvalue weighted by atomic mass is 16.8. The topological polar surface area (TPSA) is 336 Å². The van der Waals surface area contributed by atoms with E-state index in [1.807, 2.05) is 0 Å². The van der Waals surface area contributed by atoms with Gasteiger partial charge in [-0.05, 0) is 6.92 Å². The van der Waals surface area contributed by atoms with Crippen LogP contribution in [0.1, 0.15) is 13.8 Å². The number of amides is 1. The second-order valence-corrected chi connectivity index (χ2v) is 11.9. The van der Waals surface area contributed by atoms with Crippen LogP contribution in [0.4, 0.5) is 0 Å². The summed E-state index contributed by atoms with van der Waals surface area (Å²) in [5.41, 5.74) is 0. The highest BCUT2D eigenvalue weighted by Gasteiger charge is 2.56. The summed E-state index contributed by atoms with van der Waals surface area (Å²) in [4.78, 5) is 12.5. The second kappa shape index (κ2) is 16.2. The van der Waals surface area contributed by atoms with E-state index in [0.717, 1.165) is 6.92 Å². The highest BCUT2D eigenvalue weighted by Crippen LogP contribution is 2.35. The maximum atomic E-state index is 12.5. The minimum absolute atomic E-state index is 0.759. The van der Waals surface area contributed by atoms with Gasteiger partial charge in [-0.25, -0.2) is 0 Å². The molecule has 0 aliphatic carbocycles. The minimum atomic E-state index is -1.96. The second-order valence-electron chi connectivity index (χ2n) is 11.9. The highest BCUT2D eigenvalue weighted by molar-refractivity contribution is 5.73. The maximum absolute atomic E-state index is 12.5. The molecule has 13 N–H and O–H groups in total. The van der Waals surface area contributed by atoms with Crippen LogP contribution in [0.15, 0.2) is 0 Å². The molecule has 20 atom stereocenters. The van der Waals surface area contributed by atoms with Crippen LogP contribution in [0.2, 0.25) is 0 Å². The van der Waals surface area contributed by atoms with Gasteiger partial charge in [0.05, 0.1) is 25.9 Å². The zero-order valence-electron chi connectivity index (χ0n) is 25.3. The van der Waals surface area contributed by atoms with Gasteiger partial charge in [-0.2, -0.15) is 0 Å². The molecular formula is C26H45NO20. The Morgan fingerprint density at radius 2 is 1.04 bits per heavy atom. The Labute approximate surface area is 267 Å². The lowest BCUT2D eigenvalue weighted by Crippen LogP contribution is -2.71. The fourth-order valence-corrected chi connectivity index (χ4v) is 5.88. The Morgan fingerprint density at radius 3 is 1.62 bits per heavy atom. The van der Waals surface area contributed by atoms with E-state index in [1.54, 1.807) is 0 Å². The molecule has 47 heavy (non-hydrogen) atoms. The Balaban J connectivity index is 1.73. The first kappa shape index (κ1) is 38.5. The summed E-state index contributed by atoms with van der Waals surface area (Å²) >= 11 is 0. The smallest absolute Gasteiger partial charge is 0.217 e. The van der Waals surface area contributed by atoms with E-state index in [9.17, 15) is 66.1 Å². The summed E-state index contributed by atoms with van der Waals surface area (Å²) in [6.45, 7) is -0.142. The van der Waals surface area contributed by atoms with Gasteiger partial charge in [0.1, 0.15) is 91.5 Å². The summed E-state index contributed by atoms with van der Waals surface area (Å²) < 4.78 is 39.5. The summed E-state index contributed by atoms with van der Waals surface area (Å²) in [5, 5.41) is 126. The Hall–Kier alpha value is -1.29. The van der Waals surface area contributed by atoms with Crippen molar-refractivity contribution in [1.29, 1.82) is 0 Å². The van der Waals surface area contributed by atoms with Crippen molar-refractivity contribution in [3.8, 4) is 0 Å². The molecule has 4 saturated heterocycles. The molecule has 4 fully saturated rings. The molecule has 4 rings (SSSR count). The SMILES string of the molecule is CC(=O)N[C@H]1[C@H](O[C@H]2[C@@H](O)[C@@H](CO)OC(O)[C@@H]2O)O[C@H](CO)[C@@H](O[C@@H]2O[C@H](CO)[C@H](O)[C@H](O)[C@H]2O)[C@@H]1O[C@@H]1O[C@@H](C)[C@@H](O)[C@@H](O)[C@@H]1O. The molecule has 0 bridgehead atoms. The van der Waals surface area contributed by atoms with Crippen LogP contribution in [0.3, 0.4) is 0 Å². The van der Waals surface area contributed by atoms with Crippen LogP contribution in [0, 0.1) is 0 Å². The molecule has 0 aromatic carbocycles. The molecule has 4 aliphatic rings. The average Bonchev–Trinajstić information content (AvgIpc) is 3.04. The fourth-order valence-electron chi connectivity index (χ4n) is 5.88. The number of hydrogen-bond acceptors (Lipinski definition) is 20. The van der Waals surface area contributed by atoms with Crippen molar-refractivity contribution in [3.05, 3.63) is 0 Å². The van der Waals surface area contributed by atoms with E-state index in [4.69, 9.17) is 33.2 Å². The van der Waals surface area contributed by atoms with Crippen LogP contribution in [-0.4, -0.2) is 210 Å². The van der Waals surface area contributed by atoms with Crippen molar-refractivity contribution in [2.45, 2.75) is 137 Å². The van der Waals surface area contributed by atoms with Crippen molar-refractivity contribution in [3.63, 3.8) is 0 Å². The van der Waals surface area contributed by atoms with Gasteiger partial charge < -0.3 is 99.8 Å². The predicted molar refractivity (Wildman–Crippen MR) is 144 cm³/mol. The summed E-state index contributed by atoms with van der Waals surface area (Å²) in [5.74, 6) is -0.759. The van der Waals surface area contributed by atoms with Crippen molar-refractivity contribution in [2.24, 2.45) is 0 Å². The zero-order valence-corrected chi connectivity index (χ0v) is 25.3. The Morgan fingerprint density at radius 1 is 0.553 bits per heavy atom. The Bertz CT molecular complexity index is 1010. The van der Waals surface area contributed by atoms with E-state index in [-0.39, 0.29) is 0 Å². The van der Waals surface area contributed by atoms with Gasteiger partial charge in [0, 0.05) is 6.92 Å². The standard InChI is InChI=1S/C26H45NO20/c1-6-12(32)15(35)17(37)25(41-6)46-21-11(27-7(2)31)24(47-22-14(34)9(4-29)42-23(40)19(22)39)44-10(5-30)20(21)45-26-18(38)16(36)13(33)8(3-28)43-26/h6,8-26,28-30,32-40H,3-5H2,1-2H3,(H,27,31)/t6-,8+,9+,10+,11+,12+,13-,14-,15+,16-,17-,18+,19+,20+,21+,22-,23?,24-,25-,26-/m0/s1. The largest absolute Gasteiger partial charge is 0.394 e. The molecule has 21 nitrogen and oxygen atoms in total. The number of ether oxygens (including phenoxy) is 7. The van der Waals surface area contributed by atoms with E-state index in [1.165, 1.54) is 6.92 Å². The average molecular weight is 692 g/mol. The fraction of sp³-hybridized carbons (Fsp3) is 0.962. The van der Waals surface area contributed by atoms with Gasteiger partial charge in [0.15, 0.2) is 25.2 Å². The van der Waals surface area contributed by atoms with Gasteiger partial charge in [-0.3, -0.25) is 4.79 Å². The maximum Gasteiger partial charge on any atom is 0.217 e. The number of rotatable bonds is 10. The number of aliphatic hydroxyl groups excluding tert-OH is 12. The molecule has 0 aromatic rings. The van der Waals surface area contributed by atoms with Crippen molar-refractivity contribution < 1.29 is 99.2 Å². The Kier molecular flexibility index (Phi) is 13.2. The molecule has 1 amide bonds. The molecule has 274 valence electrons. The van der Waals surface area contributed by atoms with Gasteiger partial charge >= 0.3 is 0 Å². The third-order valence-corrected chi connectivity index (χ3v) is 8.57. The van der Waals surface area contributed by atoms with E-state index >= 15 is 0 Å². The van der Waals surface area contributed by atoms with Gasteiger partial charge in [-0.15, -0.1) is 0 Å². The lowest BCUT2D eigenvalue weighted by Gasteiger charge is -2.51. The van der Waals surface area contributed by atoms with Crippen LogP contribution in [0.5, 0.6) is 0 Å². The first-order valence-electron chi connectivity index (χ1n) is 15.0. The number of hydrogen-bond donors (Lipinski definition) is 13. The monoisotopic (exact) mass is 691 g/mol. The lowest BCUT2D eigenvalue weighted by atomic mass is 9.93. The van der Waals surface area contributed by atoms with Crippen LogP contribution in [0.25, 0.3) is 0 Å². The molecule has 1 unspecified atom stereocenters. The molecule has 0 aromatic heterocycles. The first-order valence-corrected chi connectivity index (χ1v) is 15.0. The molecule has 0 spiro atoms. The molecule has 21 heteroatoms. The van der Waals surface area contributed by atoms with Crippen LogP contribution < -0.4 is 5.32 Å². The lowest BCUT2D eigenvalue weighted by molar-refractivity contribution is -0.384. The van der Waals surface area contributed by atoms with E-state index < -0.39 is 148 Å². The third kappa shape index (κ3) is 8.04. The predicted octanol–water partition coefficient (Wildman–Crippen LogP) is -8.58. The normalized spacial score (nSPS) is 51.0. The number of aliphatic hydroxyl groups is 12. The first-order chi connectivity index (χ1) is 22.1. The van der Waals surface area contributed by atoms with Crippen LogP contribution in [-0.2, 0) is 38.0 Å². The van der Waals surface area contributed by atoms with Crippen LogP contribution >= 0.6 is 0 Å². The zero-order chi connectivity index (χ0) is 34.9. The van der Waals surface area contributed by atoms with Crippen molar-refractivity contribution in [2.75, 3.05) is 19.8 Å². The van der Waals surface area contributed by atoms with Crippen molar-refractivity contribution >= 4 is 5.91 Å². The molecule has 0 radical (unpaired) electrons. The number of carbonyl (C=O) groups excluding carboxylic acids is 1. The van der Waals surface area contributed by atoms with E-state index in [2.05, 4.69) is 5.32 Å². The molecule has 4 heterocycles. The van der Waals surface area contributed by atoms with Crippen molar-refractivity contribution in [1.82, 2.24) is 5.32 Å². The number of carbonyl (C=O) groups is 1. The quantitative estimate of drug-likeness (QED) is 0.101. The van der Waals surface area contributed by atoms with Gasteiger partial charge in [-0.1, -0.05) is 0 Å². The van der Waals surface area contributed by atoms with Gasteiger partial charge in [0.2, 0.25) is 5.91 Å². The third-order valence-electron chi connectivity index (χ3n) is 8.57. The molecule has 4 aliphatic heterocycles. The molecular weight excluding hydrogens is 646 g/mol. The van der Waals surface area contributed by atoms with Gasteiger partial charge in [0.25, 0.3) is 0 Å². The summed E-state index contributed by atoms with van der Waals surface area (Å²) in [6.07, 6.45) is -32.7. The minimum Gasteiger partial charge on any atom is -0.394 e.